The minimum atomic E-state index is -3.10. The van der Waals surface area contributed by atoms with E-state index in [0.717, 1.165) is 0 Å². The Morgan fingerprint density at radius 1 is 1.40 bits per heavy atom. The molecule has 20 heavy (non-hydrogen) atoms. The van der Waals surface area contributed by atoms with E-state index in [4.69, 9.17) is 5.11 Å². The molecule has 0 spiro atoms. The lowest BCUT2D eigenvalue weighted by atomic mass is 10.0. The summed E-state index contributed by atoms with van der Waals surface area (Å²) in [5.41, 5.74) is 0. The Morgan fingerprint density at radius 2 is 2.00 bits per heavy atom. The molecule has 2 N–H and O–H groups in total. The maximum atomic E-state index is 12.1. The minimum absolute atomic E-state index is 0.0767. The Labute approximate surface area is 119 Å². The van der Waals surface area contributed by atoms with Crippen molar-refractivity contribution in [2.75, 3.05) is 18.1 Å². The van der Waals surface area contributed by atoms with Crippen LogP contribution in [0.3, 0.4) is 0 Å². The summed E-state index contributed by atoms with van der Waals surface area (Å²) >= 11 is 0. The molecule has 2 atom stereocenters. The molecule has 1 aliphatic rings. The summed E-state index contributed by atoms with van der Waals surface area (Å²) in [5.74, 6) is -1.10. The van der Waals surface area contributed by atoms with E-state index in [2.05, 4.69) is 5.32 Å². The van der Waals surface area contributed by atoms with Gasteiger partial charge in [0, 0.05) is 12.6 Å². The van der Waals surface area contributed by atoms with Crippen molar-refractivity contribution in [3.63, 3.8) is 0 Å². The van der Waals surface area contributed by atoms with Gasteiger partial charge in [0.1, 0.15) is 6.04 Å². The summed E-state index contributed by atoms with van der Waals surface area (Å²) in [6.07, 6.45) is 0.335. The summed E-state index contributed by atoms with van der Waals surface area (Å²) in [4.78, 5) is 24.6. The Morgan fingerprint density at radius 3 is 2.45 bits per heavy atom. The van der Waals surface area contributed by atoms with Gasteiger partial charge in [-0.25, -0.2) is 18.0 Å². The summed E-state index contributed by atoms with van der Waals surface area (Å²) in [6.45, 7) is 5.49. The Balaban J connectivity index is 2.68. The molecule has 0 bridgehead atoms. The third-order valence-electron chi connectivity index (χ3n) is 3.23. The Hall–Kier alpha value is -1.31. The summed E-state index contributed by atoms with van der Waals surface area (Å²) in [6, 6.07) is -1.91. The van der Waals surface area contributed by atoms with Gasteiger partial charge >= 0.3 is 12.0 Å². The number of aliphatic carboxylic acids is 1. The molecule has 0 aromatic carbocycles. The summed E-state index contributed by atoms with van der Waals surface area (Å²) in [5, 5.41) is 11.6. The van der Waals surface area contributed by atoms with Gasteiger partial charge in [-0.3, -0.25) is 0 Å². The number of nitrogens with one attached hydrogen (secondary N) is 1. The molecule has 8 heteroatoms. The first-order chi connectivity index (χ1) is 9.12. The first kappa shape index (κ1) is 16.7. The molecular formula is C12H22N2O5S. The highest BCUT2D eigenvalue weighted by molar-refractivity contribution is 7.91. The monoisotopic (exact) mass is 306 g/mol. The van der Waals surface area contributed by atoms with E-state index in [-0.39, 0.29) is 24.0 Å². The van der Waals surface area contributed by atoms with Crippen LogP contribution in [0.4, 0.5) is 4.79 Å². The van der Waals surface area contributed by atoms with Crippen molar-refractivity contribution in [3.05, 3.63) is 0 Å². The number of rotatable bonds is 4. The summed E-state index contributed by atoms with van der Waals surface area (Å²) < 4.78 is 22.9. The fourth-order valence-corrected chi connectivity index (χ4v) is 3.78. The maximum Gasteiger partial charge on any atom is 0.326 e. The number of carbonyl (C=O) groups excluding carboxylic acids is 1. The fraction of sp³-hybridized carbons (Fsp3) is 0.833. The molecule has 0 saturated carbocycles. The van der Waals surface area contributed by atoms with Gasteiger partial charge in [0.05, 0.1) is 11.5 Å². The van der Waals surface area contributed by atoms with Crippen molar-refractivity contribution in [1.82, 2.24) is 10.2 Å². The second kappa shape index (κ2) is 6.43. The zero-order valence-corrected chi connectivity index (χ0v) is 12.8. The lowest BCUT2D eigenvalue weighted by Crippen LogP contribution is -2.56. The van der Waals surface area contributed by atoms with Gasteiger partial charge in [-0.05, 0) is 19.3 Å². The van der Waals surface area contributed by atoms with Crippen LogP contribution in [0.2, 0.25) is 0 Å². The number of sulfone groups is 1. The van der Waals surface area contributed by atoms with Crippen LogP contribution < -0.4 is 5.32 Å². The first-order valence-electron chi connectivity index (χ1n) is 6.62. The van der Waals surface area contributed by atoms with Crippen LogP contribution in [0, 0.1) is 5.92 Å². The van der Waals surface area contributed by atoms with Gasteiger partial charge in [-0.15, -0.1) is 0 Å². The molecule has 116 valence electrons. The lowest BCUT2D eigenvalue weighted by molar-refractivity contribution is -0.139. The van der Waals surface area contributed by atoms with E-state index in [1.54, 1.807) is 6.92 Å². The molecule has 2 amide bonds. The van der Waals surface area contributed by atoms with Gasteiger partial charge in [-0.2, -0.15) is 0 Å². The molecule has 0 aromatic heterocycles. The zero-order valence-electron chi connectivity index (χ0n) is 12.0. The lowest BCUT2D eigenvalue weighted by Gasteiger charge is -2.34. The second-order valence-corrected chi connectivity index (χ2v) is 7.86. The number of hydrogen-bond acceptors (Lipinski definition) is 4. The molecule has 1 fully saturated rings. The van der Waals surface area contributed by atoms with Crippen molar-refractivity contribution < 1.29 is 23.1 Å². The van der Waals surface area contributed by atoms with E-state index < -0.39 is 33.9 Å². The van der Waals surface area contributed by atoms with Crippen LogP contribution >= 0.6 is 0 Å². The van der Waals surface area contributed by atoms with Gasteiger partial charge in [0.15, 0.2) is 9.84 Å². The number of carbonyl (C=O) groups is 2. The fourth-order valence-electron chi connectivity index (χ4n) is 2.23. The number of hydrogen-bond donors (Lipinski definition) is 2. The molecule has 1 unspecified atom stereocenters. The Bertz CT molecular complexity index is 474. The van der Waals surface area contributed by atoms with E-state index in [0.29, 0.717) is 6.42 Å². The van der Waals surface area contributed by atoms with Gasteiger partial charge < -0.3 is 15.3 Å². The van der Waals surface area contributed by atoms with E-state index in [1.165, 1.54) is 4.90 Å². The van der Waals surface area contributed by atoms with Crippen LogP contribution in [0.5, 0.6) is 0 Å². The van der Waals surface area contributed by atoms with Gasteiger partial charge in [-0.1, -0.05) is 13.8 Å². The van der Waals surface area contributed by atoms with E-state index in [1.807, 2.05) is 13.8 Å². The molecule has 1 saturated heterocycles. The number of carboxylic acids is 1. The average molecular weight is 306 g/mol. The largest absolute Gasteiger partial charge is 0.480 e. The highest BCUT2D eigenvalue weighted by atomic mass is 32.2. The number of nitrogens with zero attached hydrogens (tertiary/aromatic N) is 1. The van der Waals surface area contributed by atoms with Crippen LogP contribution in [-0.4, -0.2) is 60.6 Å². The molecule has 1 aliphatic heterocycles. The van der Waals surface area contributed by atoms with E-state index >= 15 is 0 Å². The minimum Gasteiger partial charge on any atom is -0.480 e. The zero-order chi connectivity index (χ0) is 15.5. The predicted molar refractivity (Wildman–Crippen MR) is 74.2 cm³/mol. The van der Waals surface area contributed by atoms with E-state index in [9.17, 15) is 18.0 Å². The van der Waals surface area contributed by atoms with Gasteiger partial charge in [0.25, 0.3) is 0 Å². The second-order valence-electron chi connectivity index (χ2n) is 5.63. The third-order valence-corrected chi connectivity index (χ3v) is 5.03. The maximum absolute atomic E-state index is 12.1. The molecule has 0 aliphatic carbocycles. The molecule has 7 nitrogen and oxygen atoms in total. The van der Waals surface area contributed by atoms with Crippen molar-refractivity contribution in [3.8, 4) is 0 Å². The number of carboxylic acid groups (broad SMARTS) is 1. The quantitative estimate of drug-likeness (QED) is 0.778. The molecule has 1 heterocycles. The highest BCUT2D eigenvalue weighted by Gasteiger charge is 2.33. The van der Waals surface area contributed by atoms with Crippen LogP contribution in [-0.2, 0) is 14.6 Å². The standard InChI is InChI=1S/C12H22N2O5S/c1-8(2)6-10(11(15)16)13-12(17)14-4-5-20(18,19)7-9(14)3/h8-10H,4-7H2,1-3H3,(H,13,17)(H,15,16)/t9?,10-/m1/s1. The average Bonchev–Trinajstić information content (AvgIpc) is 2.25. The Kier molecular flexibility index (Phi) is 5.38. The molecular weight excluding hydrogens is 284 g/mol. The third kappa shape index (κ3) is 4.66. The number of amides is 2. The highest BCUT2D eigenvalue weighted by Crippen LogP contribution is 2.12. The first-order valence-corrected chi connectivity index (χ1v) is 8.45. The van der Waals surface area contributed by atoms with Crippen LogP contribution in [0.25, 0.3) is 0 Å². The smallest absolute Gasteiger partial charge is 0.326 e. The number of urea groups is 1. The van der Waals surface area contributed by atoms with Crippen LogP contribution in [0.1, 0.15) is 27.2 Å². The van der Waals surface area contributed by atoms with Gasteiger partial charge in [0.2, 0.25) is 0 Å². The van der Waals surface area contributed by atoms with Crippen molar-refractivity contribution >= 4 is 21.8 Å². The summed E-state index contributed by atoms with van der Waals surface area (Å²) in [7, 11) is -3.10. The van der Waals surface area contributed by atoms with Crippen molar-refractivity contribution in [2.45, 2.75) is 39.3 Å². The SMILES string of the molecule is CC(C)C[C@@H](NC(=O)N1CCS(=O)(=O)CC1C)C(=O)O. The molecule has 0 radical (unpaired) electrons. The van der Waals surface area contributed by atoms with Crippen LogP contribution in [0.15, 0.2) is 0 Å². The van der Waals surface area contributed by atoms with Crippen molar-refractivity contribution in [1.29, 1.82) is 0 Å². The molecule has 0 aromatic rings. The predicted octanol–water partition coefficient (Wildman–Crippen LogP) is 0.314. The van der Waals surface area contributed by atoms with Crippen molar-refractivity contribution in [2.24, 2.45) is 5.92 Å². The molecule has 1 rings (SSSR count). The topological polar surface area (TPSA) is 104 Å². The normalized spacial score (nSPS) is 23.4.